The third-order valence-electron chi connectivity index (χ3n) is 3.89. The fraction of sp³-hybridized carbons (Fsp3) is 0.882. The summed E-state index contributed by atoms with van der Waals surface area (Å²) in [4.78, 5) is 28.7. The van der Waals surface area contributed by atoms with E-state index in [1.807, 2.05) is 32.6 Å². The number of hydrogen-bond acceptors (Lipinski definition) is 3. The molecule has 0 aromatic rings. The van der Waals surface area contributed by atoms with Crippen LogP contribution in [0.5, 0.6) is 0 Å². The number of likely N-dealkylation sites (tertiary alicyclic amines) is 1. The summed E-state index contributed by atoms with van der Waals surface area (Å²) in [6.45, 7) is 11.7. The number of amides is 2. The molecule has 0 bridgehead atoms. The van der Waals surface area contributed by atoms with Gasteiger partial charge in [-0.1, -0.05) is 13.3 Å². The van der Waals surface area contributed by atoms with Crippen LogP contribution in [0.1, 0.15) is 66.7 Å². The maximum absolute atomic E-state index is 12.8. The molecule has 128 valence electrons. The Labute approximate surface area is 135 Å². The van der Waals surface area contributed by atoms with Crippen molar-refractivity contribution in [2.45, 2.75) is 78.4 Å². The van der Waals surface area contributed by atoms with Crippen molar-refractivity contribution < 1.29 is 14.3 Å². The van der Waals surface area contributed by atoms with Gasteiger partial charge in [0.15, 0.2) is 0 Å². The van der Waals surface area contributed by atoms with E-state index in [1.54, 1.807) is 4.90 Å². The smallest absolute Gasteiger partial charge is 0.410 e. The van der Waals surface area contributed by atoms with Crippen molar-refractivity contribution in [3.8, 4) is 0 Å². The van der Waals surface area contributed by atoms with Crippen molar-refractivity contribution >= 4 is 12.0 Å². The zero-order valence-corrected chi connectivity index (χ0v) is 14.9. The summed E-state index contributed by atoms with van der Waals surface area (Å²) in [6, 6.07) is -0.361. The Hall–Kier alpha value is -1.26. The van der Waals surface area contributed by atoms with Crippen molar-refractivity contribution in [2.75, 3.05) is 19.6 Å². The molecular weight excluding hydrogens is 280 g/mol. The molecule has 1 rings (SSSR count). The average Bonchev–Trinajstić information content (AvgIpc) is 2.46. The van der Waals surface area contributed by atoms with Crippen molar-refractivity contribution in [3.05, 3.63) is 0 Å². The molecule has 0 radical (unpaired) electrons. The second-order valence-electron chi connectivity index (χ2n) is 6.96. The third-order valence-corrected chi connectivity index (χ3v) is 3.89. The van der Waals surface area contributed by atoms with Gasteiger partial charge in [-0.05, 0) is 53.4 Å². The lowest BCUT2D eigenvalue weighted by Crippen LogP contribution is -2.54. The van der Waals surface area contributed by atoms with Crippen molar-refractivity contribution in [2.24, 2.45) is 0 Å². The van der Waals surface area contributed by atoms with Crippen molar-refractivity contribution in [1.29, 1.82) is 0 Å². The summed E-state index contributed by atoms with van der Waals surface area (Å²) in [5.41, 5.74) is -0.533. The van der Waals surface area contributed by atoms with Crippen molar-refractivity contribution in [3.63, 3.8) is 0 Å². The highest BCUT2D eigenvalue weighted by atomic mass is 16.6. The predicted molar refractivity (Wildman–Crippen MR) is 87.7 cm³/mol. The second kappa shape index (κ2) is 8.39. The van der Waals surface area contributed by atoms with E-state index in [2.05, 4.69) is 6.92 Å². The SMILES string of the molecule is CCCCN(CC)C(=O)C1CCCCN1C(=O)OC(C)(C)C. The number of unbranched alkanes of at least 4 members (excludes halogenated alkanes) is 1. The zero-order valence-electron chi connectivity index (χ0n) is 14.9. The highest BCUT2D eigenvalue weighted by Crippen LogP contribution is 2.22. The number of piperidine rings is 1. The third kappa shape index (κ3) is 5.50. The molecule has 1 atom stereocenters. The number of likely N-dealkylation sites (N-methyl/N-ethyl adjacent to an activating group) is 1. The first kappa shape index (κ1) is 18.8. The van der Waals surface area contributed by atoms with Crippen LogP contribution in [0.4, 0.5) is 4.79 Å². The Bertz CT molecular complexity index is 377. The molecule has 0 aromatic heterocycles. The average molecular weight is 312 g/mol. The van der Waals surface area contributed by atoms with Crippen LogP contribution < -0.4 is 0 Å². The molecule has 0 N–H and O–H groups in total. The van der Waals surface area contributed by atoms with Gasteiger partial charge in [0.1, 0.15) is 11.6 Å². The van der Waals surface area contributed by atoms with E-state index in [0.717, 1.165) is 38.6 Å². The van der Waals surface area contributed by atoms with Crippen LogP contribution in [0.3, 0.4) is 0 Å². The summed E-state index contributed by atoms with van der Waals surface area (Å²) < 4.78 is 5.47. The van der Waals surface area contributed by atoms with Crippen LogP contribution >= 0.6 is 0 Å². The van der Waals surface area contributed by atoms with Crippen LogP contribution in [-0.4, -0.2) is 53.1 Å². The first-order valence-corrected chi connectivity index (χ1v) is 8.58. The lowest BCUT2D eigenvalue weighted by molar-refractivity contribution is -0.138. The second-order valence-corrected chi connectivity index (χ2v) is 6.96. The highest BCUT2D eigenvalue weighted by molar-refractivity contribution is 5.86. The Morgan fingerprint density at radius 3 is 2.45 bits per heavy atom. The predicted octanol–water partition coefficient (Wildman–Crippen LogP) is 3.42. The Balaban J connectivity index is 2.79. The van der Waals surface area contributed by atoms with Gasteiger partial charge in [0.05, 0.1) is 0 Å². The summed E-state index contributed by atoms with van der Waals surface area (Å²) >= 11 is 0. The maximum atomic E-state index is 12.8. The van der Waals surface area contributed by atoms with Gasteiger partial charge in [-0.25, -0.2) is 4.79 Å². The van der Waals surface area contributed by atoms with E-state index < -0.39 is 5.60 Å². The van der Waals surface area contributed by atoms with Gasteiger partial charge in [-0.3, -0.25) is 9.69 Å². The molecule has 0 aromatic carbocycles. The van der Waals surface area contributed by atoms with E-state index in [0.29, 0.717) is 13.1 Å². The molecule has 1 heterocycles. The van der Waals surface area contributed by atoms with Crippen LogP contribution in [0.25, 0.3) is 0 Å². The van der Waals surface area contributed by atoms with Gasteiger partial charge >= 0.3 is 6.09 Å². The number of carbonyl (C=O) groups excluding carboxylic acids is 2. The van der Waals surface area contributed by atoms with Crippen LogP contribution in [0, 0.1) is 0 Å². The normalized spacial score (nSPS) is 19.0. The molecule has 1 unspecified atom stereocenters. The minimum absolute atomic E-state index is 0.0708. The van der Waals surface area contributed by atoms with E-state index in [-0.39, 0.29) is 18.0 Å². The van der Waals surface area contributed by atoms with E-state index >= 15 is 0 Å². The first-order valence-electron chi connectivity index (χ1n) is 8.58. The fourth-order valence-corrected chi connectivity index (χ4v) is 2.71. The van der Waals surface area contributed by atoms with Gasteiger partial charge in [0, 0.05) is 19.6 Å². The number of carbonyl (C=O) groups is 2. The topological polar surface area (TPSA) is 49.9 Å². The summed E-state index contributed by atoms with van der Waals surface area (Å²) in [5.74, 6) is 0.0708. The zero-order chi connectivity index (χ0) is 16.8. The van der Waals surface area contributed by atoms with E-state index in [9.17, 15) is 9.59 Å². The Morgan fingerprint density at radius 1 is 1.23 bits per heavy atom. The largest absolute Gasteiger partial charge is 0.444 e. The highest BCUT2D eigenvalue weighted by Gasteiger charge is 2.36. The molecule has 1 saturated heterocycles. The lowest BCUT2D eigenvalue weighted by atomic mass is 10.0. The van der Waals surface area contributed by atoms with Gasteiger partial charge < -0.3 is 9.64 Å². The van der Waals surface area contributed by atoms with Gasteiger partial charge in [0.2, 0.25) is 5.91 Å². The Morgan fingerprint density at radius 2 is 1.91 bits per heavy atom. The summed E-state index contributed by atoms with van der Waals surface area (Å²) in [6.07, 6.45) is 4.35. The van der Waals surface area contributed by atoms with E-state index in [4.69, 9.17) is 4.74 Å². The van der Waals surface area contributed by atoms with Crippen LogP contribution in [0.15, 0.2) is 0 Å². The van der Waals surface area contributed by atoms with E-state index in [1.165, 1.54) is 0 Å². The molecule has 0 saturated carbocycles. The number of hydrogen-bond donors (Lipinski definition) is 0. The van der Waals surface area contributed by atoms with Gasteiger partial charge in [0.25, 0.3) is 0 Å². The Kier molecular flexibility index (Phi) is 7.17. The molecule has 5 heteroatoms. The molecular formula is C17H32N2O3. The minimum Gasteiger partial charge on any atom is -0.444 e. The number of ether oxygens (including phenoxy) is 1. The van der Waals surface area contributed by atoms with Crippen LogP contribution in [-0.2, 0) is 9.53 Å². The molecule has 0 spiro atoms. The molecule has 2 amide bonds. The molecule has 22 heavy (non-hydrogen) atoms. The van der Waals surface area contributed by atoms with Crippen molar-refractivity contribution in [1.82, 2.24) is 9.80 Å². The number of nitrogens with zero attached hydrogens (tertiary/aromatic N) is 2. The standard InChI is InChI=1S/C17H32N2O3/c1-6-8-12-18(7-2)15(20)14-11-9-10-13-19(14)16(21)22-17(3,4)5/h14H,6-13H2,1-5H3. The first-order chi connectivity index (χ1) is 10.3. The molecule has 0 aliphatic carbocycles. The van der Waals surface area contributed by atoms with Crippen LogP contribution in [0.2, 0.25) is 0 Å². The monoisotopic (exact) mass is 312 g/mol. The number of rotatable bonds is 5. The summed E-state index contributed by atoms with van der Waals surface area (Å²) in [5, 5.41) is 0. The van der Waals surface area contributed by atoms with Gasteiger partial charge in [-0.15, -0.1) is 0 Å². The molecule has 5 nitrogen and oxygen atoms in total. The molecule has 1 fully saturated rings. The quantitative estimate of drug-likeness (QED) is 0.781. The molecule has 1 aliphatic rings. The summed E-state index contributed by atoms with van der Waals surface area (Å²) in [7, 11) is 0. The lowest BCUT2D eigenvalue weighted by Gasteiger charge is -2.38. The fourth-order valence-electron chi connectivity index (χ4n) is 2.71. The van der Waals surface area contributed by atoms with Gasteiger partial charge in [-0.2, -0.15) is 0 Å². The minimum atomic E-state index is -0.533. The molecule has 1 aliphatic heterocycles. The maximum Gasteiger partial charge on any atom is 0.410 e.